The summed E-state index contributed by atoms with van der Waals surface area (Å²) < 4.78 is 5.64. The predicted octanol–water partition coefficient (Wildman–Crippen LogP) is 1.52. The van der Waals surface area contributed by atoms with Crippen LogP contribution in [0.1, 0.15) is 26.3 Å². The molecule has 0 bridgehead atoms. The molecule has 0 amide bonds. The van der Waals surface area contributed by atoms with Gasteiger partial charge >= 0.3 is 0 Å². The second kappa shape index (κ2) is 8.37. The molecule has 3 atom stereocenters. The van der Waals surface area contributed by atoms with Gasteiger partial charge in [0.1, 0.15) is 5.82 Å². The van der Waals surface area contributed by atoms with Gasteiger partial charge in [-0.25, -0.2) is 15.0 Å². The van der Waals surface area contributed by atoms with Crippen LogP contribution >= 0.6 is 12.4 Å². The van der Waals surface area contributed by atoms with Crippen molar-refractivity contribution in [3.05, 3.63) is 18.0 Å². The van der Waals surface area contributed by atoms with E-state index in [1.807, 2.05) is 0 Å². The fourth-order valence-electron chi connectivity index (χ4n) is 4.89. The van der Waals surface area contributed by atoms with Gasteiger partial charge in [0.2, 0.25) is 11.9 Å². The summed E-state index contributed by atoms with van der Waals surface area (Å²) in [5.74, 6) is 2.60. The maximum Gasteiger partial charge on any atom is 0.228 e. The number of hydrogen-bond donors (Lipinski definition) is 2. The second-order valence-electron chi connectivity index (χ2n) is 8.91. The molecule has 0 spiro atoms. The van der Waals surface area contributed by atoms with Crippen LogP contribution < -0.4 is 20.9 Å². The summed E-state index contributed by atoms with van der Waals surface area (Å²) in [6, 6.07) is 0.227. The number of morpholine rings is 1. The van der Waals surface area contributed by atoms with Gasteiger partial charge in [-0.1, -0.05) is 6.92 Å². The standard InChI is InChI=1S/C21H30N8O.ClH/c1-13-8-23-12-21(13,3)29-5-4-16-17(15-9-24-19(22)25-10-15)26-20(27-18(16)29)28-6-7-30-11-14(28)2;/h9-10,13-14,23H,4-8,11-12H2,1-3H3,(H2,22,24,25);1H/t13-,14-,21+;/m0./s1. The van der Waals surface area contributed by atoms with E-state index in [1.54, 1.807) is 12.4 Å². The van der Waals surface area contributed by atoms with Crippen LogP contribution in [0.2, 0.25) is 0 Å². The number of hydrogen-bond acceptors (Lipinski definition) is 9. The average Bonchev–Trinajstić information content (AvgIpc) is 3.32. The number of nitrogens with one attached hydrogen (secondary N) is 1. The van der Waals surface area contributed by atoms with Crippen LogP contribution in [0.5, 0.6) is 0 Å². The van der Waals surface area contributed by atoms with Gasteiger partial charge in [-0.3, -0.25) is 0 Å². The summed E-state index contributed by atoms with van der Waals surface area (Å²) in [5, 5.41) is 3.56. The molecule has 0 aliphatic carbocycles. The lowest BCUT2D eigenvalue weighted by molar-refractivity contribution is 0.0981. The van der Waals surface area contributed by atoms with E-state index < -0.39 is 0 Å². The Bertz CT molecular complexity index is 942. The first-order chi connectivity index (χ1) is 14.5. The molecule has 31 heavy (non-hydrogen) atoms. The first kappa shape index (κ1) is 22.0. The predicted molar refractivity (Wildman–Crippen MR) is 124 cm³/mol. The van der Waals surface area contributed by atoms with Gasteiger partial charge in [0.25, 0.3) is 0 Å². The van der Waals surface area contributed by atoms with Crippen molar-refractivity contribution in [2.75, 3.05) is 54.9 Å². The molecule has 3 N–H and O–H groups in total. The molecule has 9 nitrogen and oxygen atoms in total. The molecule has 0 aromatic carbocycles. The molecule has 2 fully saturated rings. The van der Waals surface area contributed by atoms with E-state index in [0.29, 0.717) is 19.1 Å². The van der Waals surface area contributed by atoms with E-state index in [-0.39, 0.29) is 29.9 Å². The molecule has 5 rings (SSSR count). The zero-order valence-electron chi connectivity index (χ0n) is 18.3. The van der Waals surface area contributed by atoms with Crippen molar-refractivity contribution in [2.24, 2.45) is 5.92 Å². The molecule has 2 aromatic rings. The zero-order valence-corrected chi connectivity index (χ0v) is 19.2. The smallest absolute Gasteiger partial charge is 0.228 e. The van der Waals surface area contributed by atoms with Crippen molar-refractivity contribution in [1.29, 1.82) is 0 Å². The molecule has 168 valence electrons. The monoisotopic (exact) mass is 446 g/mol. The summed E-state index contributed by atoms with van der Waals surface area (Å²) in [6.45, 7) is 11.9. The maximum absolute atomic E-state index is 5.73. The SMILES string of the molecule is C[C@H]1COCCN1c1nc(-c2cnc(N)nc2)c2c(n1)N([C@]1(C)CNC[C@@H]1C)CC2.Cl. The van der Waals surface area contributed by atoms with Gasteiger partial charge in [-0.05, 0) is 26.2 Å². The number of aromatic nitrogens is 4. The van der Waals surface area contributed by atoms with Gasteiger partial charge in [0.15, 0.2) is 0 Å². The Kier molecular flexibility index (Phi) is 5.93. The van der Waals surface area contributed by atoms with Gasteiger partial charge in [-0.15, -0.1) is 12.4 Å². The number of fused-ring (bicyclic) bond motifs is 1. The lowest BCUT2D eigenvalue weighted by Crippen LogP contribution is -2.51. The minimum absolute atomic E-state index is 0. The summed E-state index contributed by atoms with van der Waals surface area (Å²) in [4.78, 5) is 23.3. The minimum atomic E-state index is 0. The van der Waals surface area contributed by atoms with Gasteiger partial charge in [-0.2, -0.15) is 4.98 Å². The summed E-state index contributed by atoms with van der Waals surface area (Å²) in [5.41, 5.74) is 8.73. The van der Waals surface area contributed by atoms with E-state index in [4.69, 9.17) is 20.4 Å². The normalized spacial score (nSPS) is 27.8. The molecule has 0 radical (unpaired) electrons. The van der Waals surface area contributed by atoms with Crippen molar-refractivity contribution in [2.45, 2.75) is 38.8 Å². The number of halogens is 1. The van der Waals surface area contributed by atoms with Crippen molar-refractivity contribution >= 4 is 30.1 Å². The Labute approximate surface area is 189 Å². The highest BCUT2D eigenvalue weighted by atomic mass is 35.5. The number of rotatable bonds is 3. The van der Waals surface area contributed by atoms with Crippen LogP contribution in [0, 0.1) is 5.92 Å². The molecule has 2 saturated heterocycles. The largest absolute Gasteiger partial charge is 0.377 e. The zero-order chi connectivity index (χ0) is 20.9. The third-order valence-corrected chi connectivity index (χ3v) is 7.00. The third-order valence-electron chi connectivity index (χ3n) is 7.00. The van der Waals surface area contributed by atoms with Crippen LogP contribution in [-0.2, 0) is 11.2 Å². The first-order valence-electron chi connectivity index (χ1n) is 10.8. The topological polar surface area (TPSA) is 105 Å². The molecular formula is C21H31ClN8O. The molecule has 3 aliphatic heterocycles. The Morgan fingerprint density at radius 1 is 1.19 bits per heavy atom. The van der Waals surface area contributed by atoms with Crippen LogP contribution in [0.3, 0.4) is 0 Å². The number of nitrogen functional groups attached to an aromatic ring is 1. The Hall–Kier alpha value is -2.23. The lowest BCUT2D eigenvalue weighted by atomic mass is 9.89. The van der Waals surface area contributed by atoms with Gasteiger partial charge in [0, 0.05) is 49.7 Å². The van der Waals surface area contributed by atoms with E-state index in [1.165, 1.54) is 5.56 Å². The first-order valence-corrected chi connectivity index (χ1v) is 10.8. The van der Waals surface area contributed by atoms with E-state index in [2.05, 4.69) is 45.9 Å². The van der Waals surface area contributed by atoms with Gasteiger partial charge < -0.3 is 25.6 Å². The number of nitrogens with zero attached hydrogens (tertiary/aromatic N) is 6. The summed E-state index contributed by atoms with van der Waals surface area (Å²) in [6.07, 6.45) is 4.44. The molecule has 10 heteroatoms. The van der Waals surface area contributed by atoms with Crippen molar-refractivity contribution < 1.29 is 4.74 Å². The maximum atomic E-state index is 5.73. The summed E-state index contributed by atoms with van der Waals surface area (Å²) >= 11 is 0. The van der Waals surface area contributed by atoms with E-state index in [9.17, 15) is 0 Å². The Morgan fingerprint density at radius 3 is 2.65 bits per heavy atom. The van der Waals surface area contributed by atoms with E-state index >= 15 is 0 Å². The van der Waals surface area contributed by atoms with Crippen molar-refractivity contribution in [3.63, 3.8) is 0 Å². The highest BCUT2D eigenvalue weighted by Crippen LogP contribution is 2.41. The summed E-state index contributed by atoms with van der Waals surface area (Å²) in [7, 11) is 0. The number of ether oxygens (including phenoxy) is 1. The molecule has 0 unspecified atom stereocenters. The fourth-order valence-corrected chi connectivity index (χ4v) is 4.89. The van der Waals surface area contributed by atoms with Crippen molar-refractivity contribution in [3.8, 4) is 11.3 Å². The Balaban J connectivity index is 0.00000231. The van der Waals surface area contributed by atoms with E-state index in [0.717, 1.165) is 55.6 Å². The van der Waals surface area contributed by atoms with Gasteiger partial charge in [0.05, 0.1) is 30.5 Å². The molecule has 0 saturated carbocycles. The minimum Gasteiger partial charge on any atom is -0.377 e. The lowest BCUT2D eigenvalue weighted by Gasteiger charge is -2.40. The fraction of sp³-hybridized carbons (Fsp3) is 0.619. The van der Waals surface area contributed by atoms with Crippen LogP contribution in [-0.4, -0.2) is 70.9 Å². The van der Waals surface area contributed by atoms with Crippen LogP contribution in [0.15, 0.2) is 12.4 Å². The third kappa shape index (κ3) is 3.68. The quantitative estimate of drug-likeness (QED) is 0.725. The molecule has 5 heterocycles. The molecular weight excluding hydrogens is 416 g/mol. The van der Waals surface area contributed by atoms with Crippen molar-refractivity contribution in [1.82, 2.24) is 25.3 Å². The second-order valence-corrected chi connectivity index (χ2v) is 8.91. The average molecular weight is 447 g/mol. The van der Waals surface area contributed by atoms with Crippen LogP contribution in [0.4, 0.5) is 17.7 Å². The molecule has 2 aromatic heterocycles. The molecule has 3 aliphatic rings. The highest BCUT2D eigenvalue weighted by Gasteiger charge is 2.45. The Morgan fingerprint density at radius 2 is 1.97 bits per heavy atom. The van der Waals surface area contributed by atoms with Crippen LogP contribution in [0.25, 0.3) is 11.3 Å². The number of nitrogens with two attached hydrogens (primary N) is 1. The highest BCUT2D eigenvalue weighted by molar-refractivity contribution is 5.85. The number of anilines is 3.